The van der Waals surface area contributed by atoms with Crippen LogP contribution in [0.15, 0.2) is 30.3 Å². The zero-order chi connectivity index (χ0) is 8.32. The van der Waals surface area contributed by atoms with Crippen molar-refractivity contribution in [2.75, 3.05) is 0 Å². The van der Waals surface area contributed by atoms with Crippen LogP contribution in [0.2, 0.25) is 0 Å². The van der Waals surface area contributed by atoms with Gasteiger partial charge in [-0.3, -0.25) is 0 Å². The molecule has 12 heavy (non-hydrogen) atoms. The van der Waals surface area contributed by atoms with E-state index in [0.29, 0.717) is 5.75 Å². The van der Waals surface area contributed by atoms with Gasteiger partial charge in [-0.05, 0) is 12.1 Å². The van der Waals surface area contributed by atoms with Crippen molar-refractivity contribution in [2.45, 2.75) is 0 Å². The van der Waals surface area contributed by atoms with E-state index in [9.17, 15) is 8.42 Å². The predicted molar refractivity (Wildman–Crippen MR) is 57.2 cm³/mol. The van der Waals surface area contributed by atoms with Gasteiger partial charge in [-0.25, -0.2) is 0 Å². The van der Waals surface area contributed by atoms with Gasteiger partial charge in [-0.1, -0.05) is 18.2 Å². The zero-order valence-electron chi connectivity index (χ0n) is 5.40. The molecule has 0 aliphatic carbocycles. The van der Waals surface area contributed by atoms with Crippen LogP contribution in [-0.2, 0) is 7.29 Å². The summed E-state index contributed by atoms with van der Waals surface area (Å²) in [6.07, 6.45) is 0. The standard InChI is InChI=1S/C6H5IO3S.Na.H/c7-11(8,9)10-6-4-2-1-3-5-6;;/h1-5H;;. The number of benzene rings is 1. The van der Waals surface area contributed by atoms with Crippen LogP contribution in [-0.4, -0.2) is 38.0 Å². The monoisotopic (exact) mass is 308 g/mol. The fraction of sp³-hybridized carbons (Fsp3) is 0. The third-order valence-electron chi connectivity index (χ3n) is 0.939. The second-order valence-electron chi connectivity index (χ2n) is 1.79. The first-order valence-electron chi connectivity index (χ1n) is 2.77. The molecule has 6 heteroatoms. The van der Waals surface area contributed by atoms with Gasteiger partial charge in [0.1, 0.15) is 27.0 Å². The van der Waals surface area contributed by atoms with E-state index >= 15 is 0 Å². The molecule has 0 unspecified atom stereocenters. The molecule has 0 spiro atoms. The third kappa shape index (κ3) is 5.36. The fourth-order valence-corrected chi connectivity index (χ4v) is 1.55. The predicted octanol–water partition coefficient (Wildman–Crippen LogP) is 1.10. The van der Waals surface area contributed by atoms with Gasteiger partial charge in [-0.15, -0.1) is 0 Å². The van der Waals surface area contributed by atoms with Crippen LogP contribution in [0.1, 0.15) is 0 Å². The van der Waals surface area contributed by atoms with E-state index in [1.165, 1.54) is 21.2 Å². The molecule has 0 aromatic heterocycles. The fourth-order valence-electron chi connectivity index (χ4n) is 0.591. The normalized spacial score (nSPS) is 10.1. The van der Waals surface area contributed by atoms with Crippen molar-refractivity contribution in [3.05, 3.63) is 30.3 Å². The van der Waals surface area contributed by atoms with E-state index < -0.39 is 7.29 Å². The Balaban J connectivity index is 0.00000121. The van der Waals surface area contributed by atoms with E-state index in [1.54, 1.807) is 30.3 Å². The van der Waals surface area contributed by atoms with Crippen molar-refractivity contribution in [2.24, 2.45) is 0 Å². The van der Waals surface area contributed by atoms with Gasteiger partial charge in [-0.2, -0.15) is 8.42 Å². The van der Waals surface area contributed by atoms with E-state index in [1.807, 2.05) is 0 Å². The van der Waals surface area contributed by atoms with Crippen LogP contribution in [0.25, 0.3) is 0 Å². The summed E-state index contributed by atoms with van der Waals surface area (Å²) in [7, 11) is -3.41. The first-order chi connectivity index (χ1) is 5.08. The summed E-state index contributed by atoms with van der Waals surface area (Å²) in [6.45, 7) is 0. The Bertz CT molecular complexity index is 324. The molecule has 0 saturated carbocycles. The maximum atomic E-state index is 10.6. The Labute approximate surface area is 106 Å². The van der Waals surface area contributed by atoms with Crippen molar-refractivity contribution in [1.29, 1.82) is 0 Å². The van der Waals surface area contributed by atoms with Crippen molar-refractivity contribution >= 4 is 58.1 Å². The summed E-state index contributed by atoms with van der Waals surface area (Å²) in [6, 6.07) is 8.35. The van der Waals surface area contributed by atoms with Crippen molar-refractivity contribution in [3.63, 3.8) is 0 Å². The molecule has 62 valence electrons. The minimum absolute atomic E-state index is 0. The summed E-state index contributed by atoms with van der Waals surface area (Å²) in [5, 5.41) is 0. The summed E-state index contributed by atoms with van der Waals surface area (Å²) in [4.78, 5) is 0. The zero-order valence-corrected chi connectivity index (χ0v) is 8.37. The average Bonchev–Trinajstić information content (AvgIpc) is 1.85. The number of para-hydroxylation sites is 1. The Hall–Kier alpha value is 0.700. The van der Waals surface area contributed by atoms with Crippen LogP contribution in [0.4, 0.5) is 0 Å². The summed E-state index contributed by atoms with van der Waals surface area (Å²) in [5.74, 6) is 0.335. The molecule has 0 amide bonds. The van der Waals surface area contributed by atoms with Gasteiger partial charge >= 0.3 is 36.8 Å². The molecule has 0 fully saturated rings. The Kier molecular flexibility index (Phi) is 5.75. The molecular weight excluding hydrogens is 302 g/mol. The molecule has 0 saturated heterocycles. The second kappa shape index (κ2) is 5.43. The SMILES string of the molecule is O=S(=O)(I)Oc1ccccc1.[NaH]. The molecule has 1 aromatic carbocycles. The average molecular weight is 308 g/mol. The molecule has 0 N–H and O–H groups in total. The molecule has 0 heterocycles. The molecule has 0 atom stereocenters. The van der Waals surface area contributed by atoms with Crippen LogP contribution in [0.5, 0.6) is 5.75 Å². The van der Waals surface area contributed by atoms with Crippen LogP contribution >= 0.6 is 21.2 Å². The van der Waals surface area contributed by atoms with Crippen molar-refractivity contribution < 1.29 is 12.6 Å². The van der Waals surface area contributed by atoms with Gasteiger partial charge in [0.15, 0.2) is 0 Å². The summed E-state index contributed by atoms with van der Waals surface area (Å²) < 4.78 is 25.7. The van der Waals surface area contributed by atoms with Crippen molar-refractivity contribution in [3.8, 4) is 5.75 Å². The Morgan fingerprint density at radius 1 is 1.17 bits per heavy atom. The molecule has 1 rings (SSSR count). The van der Waals surface area contributed by atoms with Crippen LogP contribution in [0.3, 0.4) is 0 Å². The van der Waals surface area contributed by atoms with Gasteiger partial charge in [0.25, 0.3) is 0 Å². The van der Waals surface area contributed by atoms with Crippen molar-refractivity contribution in [1.82, 2.24) is 0 Å². The molecule has 0 bridgehead atoms. The van der Waals surface area contributed by atoms with E-state index in [4.69, 9.17) is 0 Å². The van der Waals surface area contributed by atoms with E-state index in [2.05, 4.69) is 4.18 Å². The number of hydrogen-bond acceptors (Lipinski definition) is 3. The minimum atomic E-state index is -3.41. The van der Waals surface area contributed by atoms with Gasteiger partial charge in [0.05, 0.1) is 0 Å². The van der Waals surface area contributed by atoms with E-state index in [-0.39, 0.29) is 29.6 Å². The van der Waals surface area contributed by atoms with Gasteiger partial charge in [0, 0.05) is 0 Å². The molecular formula is C6H6INaO3S. The second-order valence-corrected chi connectivity index (χ2v) is 5.98. The van der Waals surface area contributed by atoms with Crippen LogP contribution < -0.4 is 4.18 Å². The first-order valence-corrected chi connectivity index (χ1v) is 6.72. The molecule has 1 aromatic rings. The van der Waals surface area contributed by atoms with Gasteiger partial charge < -0.3 is 4.18 Å². The Morgan fingerprint density at radius 2 is 1.67 bits per heavy atom. The number of rotatable bonds is 2. The van der Waals surface area contributed by atoms with Crippen LogP contribution in [0, 0.1) is 0 Å². The molecule has 3 nitrogen and oxygen atoms in total. The summed E-state index contributed by atoms with van der Waals surface area (Å²) >= 11 is 1.23. The number of halogens is 1. The Morgan fingerprint density at radius 3 is 2.08 bits per heavy atom. The molecule has 0 aliphatic rings. The van der Waals surface area contributed by atoms with E-state index in [0.717, 1.165) is 0 Å². The van der Waals surface area contributed by atoms with Gasteiger partial charge in [0.2, 0.25) is 0 Å². The topological polar surface area (TPSA) is 43.4 Å². The maximum absolute atomic E-state index is 10.6. The molecule has 0 aliphatic heterocycles. The quantitative estimate of drug-likeness (QED) is 0.467. The summed E-state index contributed by atoms with van der Waals surface area (Å²) in [5.41, 5.74) is 0. The molecule has 0 radical (unpaired) electrons. The number of hydrogen-bond donors (Lipinski definition) is 0. The first kappa shape index (κ1) is 12.7. The third-order valence-corrected chi connectivity index (χ3v) is 1.87.